The van der Waals surface area contributed by atoms with Crippen molar-refractivity contribution in [3.63, 3.8) is 0 Å². The number of anilines is 1. The van der Waals surface area contributed by atoms with Gasteiger partial charge in [-0.3, -0.25) is 4.98 Å². The summed E-state index contributed by atoms with van der Waals surface area (Å²) in [6.45, 7) is 4.14. The molecule has 2 heterocycles. The quantitative estimate of drug-likeness (QED) is 0.785. The predicted octanol–water partition coefficient (Wildman–Crippen LogP) is 0.994. The van der Waals surface area contributed by atoms with Gasteiger partial charge in [-0.25, -0.2) is 4.98 Å². The van der Waals surface area contributed by atoms with Gasteiger partial charge in [0.1, 0.15) is 5.82 Å². The largest absolute Gasteiger partial charge is 0.396 e. The molecule has 0 unspecified atom stereocenters. The van der Waals surface area contributed by atoms with Crippen LogP contribution in [0.4, 0.5) is 5.82 Å². The Labute approximate surface area is 90.0 Å². The van der Waals surface area contributed by atoms with E-state index in [2.05, 4.69) is 14.9 Å². The molecule has 1 atom stereocenters. The molecular formula is C11H17N3O. The second kappa shape index (κ2) is 4.57. The maximum atomic E-state index is 9.15. The molecule has 0 spiro atoms. The Morgan fingerprint density at radius 1 is 1.53 bits per heavy atom. The van der Waals surface area contributed by atoms with Crippen LogP contribution >= 0.6 is 0 Å². The Balaban J connectivity index is 2.09. The van der Waals surface area contributed by atoms with Gasteiger partial charge in [-0.05, 0) is 25.7 Å². The number of piperidine rings is 1. The third kappa shape index (κ3) is 2.45. The first-order chi connectivity index (χ1) is 7.29. The van der Waals surface area contributed by atoms with Crippen LogP contribution in [0.25, 0.3) is 0 Å². The molecule has 0 amide bonds. The van der Waals surface area contributed by atoms with Crippen LogP contribution in [-0.2, 0) is 0 Å². The van der Waals surface area contributed by atoms with Gasteiger partial charge in [0.25, 0.3) is 0 Å². The zero-order valence-electron chi connectivity index (χ0n) is 9.06. The van der Waals surface area contributed by atoms with Gasteiger partial charge in [0.15, 0.2) is 0 Å². The molecule has 1 N–H and O–H groups in total. The van der Waals surface area contributed by atoms with E-state index in [1.54, 1.807) is 12.4 Å². The van der Waals surface area contributed by atoms with E-state index in [4.69, 9.17) is 5.11 Å². The van der Waals surface area contributed by atoms with E-state index in [9.17, 15) is 0 Å². The SMILES string of the molecule is Cc1cncc(N2CCC[C@H](CO)C2)n1. The first kappa shape index (κ1) is 10.4. The molecule has 1 aliphatic rings. The highest BCUT2D eigenvalue weighted by atomic mass is 16.3. The first-order valence-corrected chi connectivity index (χ1v) is 5.44. The number of aliphatic hydroxyl groups excluding tert-OH is 1. The number of rotatable bonds is 2. The summed E-state index contributed by atoms with van der Waals surface area (Å²) < 4.78 is 0. The maximum absolute atomic E-state index is 9.15. The molecule has 1 aromatic heterocycles. The van der Waals surface area contributed by atoms with E-state index < -0.39 is 0 Å². The van der Waals surface area contributed by atoms with Crippen molar-refractivity contribution in [2.75, 3.05) is 24.6 Å². The molecule has 0 aliphatic carbocycles. The molecule has 0 saturated carbocycles. The van der Waals surface area contributed by atoms with Crippen molar-refractivity contribution in [1.82, 2.24) is 9.97 Å². The van der Waals surface area contributed by atoms with Crippen LogP contribution in [0.3, 0.4) is 0 Å². The van der Waals surface area contributed by atoms with Crippen molar-refractivity contribution in [2.24, 2.45) is 5.92 Å². The number of hydrogen-bond acceptors (Lipinski definition) is 4. The molecule has 0 radical (unpaired) electrons. The molecule has 82 valence electrons. The van der Waals surface area contributed by atoms with E-state index in [0.717, 1.165) is 37.4 Å². The molecule has 1 saturated heterocycles. The van der Waals surface area contributed by atoms with Crippen molar-refractivity contribution in [1.29, 1.82) is 0 Å². The summed E-state index contributed by atoms with van der Waals surface area (Å²) in [5.41, 5.74) is 0.943. The van der Waals surface area contributed by atoms with E-state index in [1.807, 2.05) is 6.92 Å². The average molecular weight is 207 g/mol. The molecule has 4 heteroatoms. The summed E-state index contributed by atoms with van der Waals surface area (Å²) in [4.78, 5) is 10.8. The Hall–Kier alpha value is -1.16. The summed E-state index contributed by atoms with van der Waals surface area (Å²) in [5, 5.41) is 9.15. The smallest absolute Gasteiger partial charge is 0.147 e. The summed E-state index contributed by atoms with van der Waals surface area (Å²) >= 11 is 0. The van der Waals surface area contributed by atoms with Gasteiger partial charge >= 0.3 is 0 Å². The highest BCUT2D eigenvalue weighted by molar-refractivity contribution is 5.36. The van der Waals surface area contributed by atoms with Crippen LogP contribution in [0, 0.1) is 12.8 Å². The highest BCUT2D eigenvalue weighted by Crippen LogP contribution is 2.20. The lowest BCUT2D eigenvalue weighted by atomic mass is 9.99. The van der Waals surface area contributed by atoms with Crippen molar-refractivity contribution in [2.45, 2.75) is 19.8 Å². The monoisotopic (exact) mass is 207 g/mol. The second-order valence-electron chi connectivity index (χ2n) is 4.16. The minimum atomic E-state index is 0.274. The molecule has 15 heavy (non-hydrogen) atoms. The van der Waals surface area contributed by atoms with Crippen LogP contribution in [0.5, 0.6) is 0 Å². The number of aryl methyl sites for hydroxylation is 1. The molecular weight excluding hydrogens is 190 g/mol. The molecule has 4 nitrogen and oxygen atoms in total. The summed E-state index contributed by atoms with van der Waals surface area (Å²) in [7, 11) is 0. The van der Waals surface area contributed by atoms with Crippen LogP contribution in [0.2, 0.25) is 0 Å². The highest BCUT2D eigenvalue weighted by Gasteiger charge is 2.20. The Bertz CT molecular complexity index is 329. The average Bonchev–Trinajstić information content (AvgIpc) is 2.29. The van der Waals surface area contributed by atoms with Gasteiger partial charge in [-0.1, -0.05) is 0 Å². The summed E-state index contributed by atoms with van der Waals surface area (Å²) in [6, 6.07) is 0. The lowest BCUT2D eigenvalue weighted by Crippen LogP contribution is -2.37. The lowest BCUT2D eigenvalue weighted by molar-refractivity contribution is 0.208. The van der Waals surface area contributed by atoms with Gasteiger partial charge in [0, 0.05) is 25.9 Å². The van der Waals surface area contributed by atoms with Crippen LogP contribution in [0.1, 0.15) is 18.5 Å². The number of hydrogen-bond donors (Lipinski definition) is 1. The van der Waals surface area contributed by atoms with Gasteiger partial charge in [0.2, 0.25) is 0 Å². The zero-order chi connectivity index (χ0) is 10.7. The Morgan fingerprint density at radius 3 is 3.13 bits per heavy atom. The molecule has 1 aromatic rings. The standard InChI is InChI=1S/C11H17N3O/c1-9-5-12-6-11(13-9)14-4-2-3-10(7-14)8-15/h5-6,10,15H,2-4,7-8H2,1H3/t10-/m0/s1. The molecule has 1 aliphatic heterocycles. The fourth-order valence-corrected chi connectivity index (χ4v) is 2.02. The van der Waals surface area contributed by atoms with Crippen LogP contribution < -0.4 is 4.90 Å². The van der Waals surface area contributed by atoms with Gasteiger partial charge in [-0.15, -0.1) is 0 Å². The molecule has 2 rings (SSSR count). The van der Waals surface area contributed by atoms with E-state index in [0.29, 0.717) is 5.92 Å². The number of nitrogens with zero attached hydrogens (tertiary/aromatic N) is 3. The Morgan fingerprint density at radius 2 is 2.40 bits per heavy atom. The second-order valence-corrected chi connectivity index (χ2v) is 4.16. The van der Waals surface area contributed by atoms with Crippen LogP contribution in [0.15, 0.2) is 12.4 Å². The fourth-order valence-electron chi connectivity index (χ4n) is 2.02. The summed E-state index contributed by atoms with van der Waals surface area (Å²) in [6.07, 6.45) is 5.80. The van der Waals surface area contributed by atoms with Gasteiger partial charge in [-0.2, -0.15) is 0 Å². The minimum Gasteiger partial charge on any atom is -0.396 e. The normalized spacial score (nSPS) is 21.7. The number of aromatic nitrogens is 2. The molecule has 1 fully saturated rings. The first-order valence-electron chi connectivity index (χ1n) is 5.44. The third-order valence-corrected chi connectivity index (χ3v) is 2.84. The van der Waals surface area contributed by atoms with Crippen molar-refractivity contribution >= 4 is 5.82 Å². The van der Waals surface area contributed by atoms with Gasteiger partial charge in [0.05, 0.1) is 11.9 Å². The third-order valence-electron chi connectivity index (χ3n) is 2.84. The van der Waals surface area contributed by atoms with Gasteiger partial charge < -0.3 is 10.0 Å². The Kier molecular flexibility index (Phi) is 3.16. The zero-order valence-corrected chi connectivity index (χ0v) is 9.06. The molecule has 0 bridgehead atoms. The van der Waals surface area contributed by atoms with E-state index in [1.165, 1.54) is 0 Å². The molecule has 0 aromatic carbocycles. The van der Waals surface area contributed by atoms with Crippen molar-refractivity contribution in [3.8, 4) is 0 Å². The van der Waals surface area contributed by atoms with E-state index in [-0.39, 0.29) is 6.61 Å². The predicted molar refractivity (Wildman–Crippen MR) is 58.8 cm³/mol. The summed E-state index contributed by atoms with van der Waals surface area (Å²) in [5.74, 6) is 1.33. The van der Waals surface area contributed by atoms with Crippen LogP contribution in [-0.4, -0.2) is 34.8 Å². The maximum Gasteiger partial charge on any atom is 0.147 e. The lowest BCUT2D eigenvalue weighted by Gasteiger charge is -2.32. The van der Waals surface area contributed by atoms with Crippen molar-refractivity contribution in [3.05, 3.63) is 18.1 Å². The van der Waals surface area contributed by atoms with E-state index >= 15 is 0 Å². The minimum absolute atomic E-state index is 0.274. The van der Waals surface area contributed by atoms with Crippen molar-refractivity contribution < 1.29 is 5.11 Å². The topological polar surface area (TPSA) is 49.2 Å². The fraction of sp³-hybridized carbons (Fsp3) is 0.636. The number of aliphatic hydroxyl groups is 1.